The zero-order valence-electron chi connectivity index (χ0n) is 13.2. The Kier molecular flexibility index (Phi) is 5.42. The lowest BCUT2D eigenvalue weighted by molar-refractivity contribution is 0.840. The van der Waals surface area contributed by atoms with E-state index in [0.717, 1.165) is 41.1 Å². The van der Waals surface area contributed by atoms with E-state index in [1.165, 1.54) is 12.2 Å². The van der Waals surface area contributed by atoms with Crippen molar-refractivity contribution in [2.45, 2.75) is 12.8 Å². The van der Waals surface area contributed by atoms with E-state index in [1.54, 1.807) is 12.4 Å². The Bertz CT molecular complexity index is 761. The molecule has 2 heterocycles. The van der Waals surface area contributed by atoms with Gasteiger partial charge in [0, 0.05) is 29.9 Å². The molecule has 1 N–H and O–H groups in total. The highest BCUT2D eigenvalue weighted by atomic mass is 32.2. The summed E-state index contributed by atoms with van der Waals surface area (Å²) in [6.45, 7) is 0.928. The molecule has 5 heteroatoms. The molecule has 0 atom stereocenters. The highest BCUT2D eigenvalue weighted by Gasteiger charge is 2.08. The predicted molar refractivity (Wildman–Crippen MR) is 98.9 cm³/mol. The van der Waals surface area contributed by atoms with E-state index in [2.05, 4.69) is 27.6 Å². The van der Waals surface area contributed by atoms with Gasteiger partial charge in [-0.2, -0.15) is 11.8 Å². The molecule has 23 heavy (non-hydrogen) atoms. The first-order chi connectivity index (χ1) is 11.4. The summed E-state index contributed by atoms with van der Waals surface area (Å²) in [5, 5.41) is 4.55. The molecule has 0 saturated heterocycles. The Hall–Kier alpha value is -2.14. The molecule has 1 aromatic carbocycles. The number of anilines is 1. The Morgan fingerprint density at radius 1 is 1.00 bits per heavy atom. The van der Waals surface area contributed by atoms with Crippen molar-refractivity contribution in [3.8, 4) is 11.4 Å². The van der Waals surface area contributed by atoms with Gasteiger partial charge in [0.25, 0.3) is 0 Å². The van der Waals surface area contributed by atoms with Gasteiger partial charge in [-0.15, -0.1) is 0 Å². The van der Waals surface area contributed by atoms with E-state index in [1.807, 2.05) is 42.1 Å². The number of benzene rings is 1. The average molecular weight is 324 g/mol. The van der Waals surface area contributed by atoms with Crippen molar-refractivity contribution in [3.63, 3.8) is 0 Å². The van der Waals surface area contributed by atoms with E-state index in [-0.39, 0.29) is 0 Å². The first-order valence-electron chi connectivity index (χ1n) is 7.78. The quantitative estimate of drug-likeness (QED) is 0.659. The summed E-state index contributed by atoms with van der Waals surface area (Å²) in [6, 6.07) is 12.0. The normalized spacial score (nSPS) is 10.8. The number of unbranched alkanes of at least 4 members (excludes halogenated alkanes) is 1. The minimum Gasteiger partial charge on any atom is -0.369 e. The van der Waals surface area contributed by atoms with Crippen LogP contribution in [0.3, 0.4) is 0 Å². The maximum atomic E-state index is 4.73. The van der Waals surface area contributed by atoms with Crippen LogP contribution in [0.1, 0.15) is 12.8 Å². The second-order valence-corrected chi connectivity index (χ2v) is 6.26. The standard InChI is InChI=1S/C18H20N4S/c1-23-13-5-4-10-20-18-15-6-2-3-7-16(15)21-17(22-18)14-8-11-19-12-9-14/h2-3,6-9,11-12H,4-5,10,13H2,1H3,(H,20,21,22). The van der Waals surface area contributed by atoms with E-state index in [9.17, 15) is 0 Å². The van der Waals surface area contributed by atoms with Crippen LogP contribution in [0.15, 0.2) is 48.8 Å². The van der Waals surface area contributed by atoms with Gasteiger partial charge in [-0.1, -0.05) is 12.1 Å². The van der Waals surface area contributed by atoms with E-state index in [0.29, 0.717) is 0 Å². The fraction of sp³-hybridized carbons (Fsp3) is 0.278. The highest BCUT2D eigenvalue weighted by molar-refractivity contribution is 7.98. The van der Waals surface area contributed by atoms with Crippen LogP contribution in [0.5, 0.6) is 0 Å². The summed E-state index contributed by atoms with van der Waals surface area (Å²) >= 11 is 1.89. The lowest BCUT2D eigenvalue weighted by atomic mass is 10.2. The number of fused-ring (bicyclic) bond motifs is 1. The summed E-state index contributed by atoms with van der Waals surface area (Å²) in [5.41, 5.74) is 1.94. The average Bonchev–Trinajstić information content (AvgIpc) is 2.62. The minimum absolute atomic E-state index is 0.734. The Labute approximate surface area is 140 Å². The van der Waals surface area contributed by atoms with E-state index < -0.39 is 0 Å². The van der Waals surface area contributed by atoms with Gasteiger partial charge in [0.15, 0.2) is 5.82 Å². The first kappa shape index (κ1) is 15.7. The van der Waals surface area contributed by atoms with Crippen molar-refractivity contribution in [3.05, 3.63) is 48.8 Å². The molecule has 0 fully saturated rings. The van der Waals surface area contributed by atoms with Crippen LogP contribution in [0.4, 0.5) is 5.82 Å². The van der Waals surface area contributed by atoms with Gasteiger partial charge in [0.05, 0.1) is 5.52 Å². The Morgan fingerprint density at radius 3 is 2.65 bits per heavy atom. The third-order valence-electron chi connectivity index (χ3n) is 3.61. The third-order valence-corrected chi connectivity index (χ3v) is 4.31. The summed E-state index contributed by atoms with van der Waals surface area (Å²) < 4.78 is 0. The Balaban J connectivity index is 1.88. The number of nitrogens with zero attached hydrogens (tertiary/aromatic N) is 3. The summed E-state index contributed by atoms with van der Waals surface area (Å²) in [7, 11) is 0. The van der Waals surface area contributed by atoms with Crippen molar-refractivity contribution in [1.29, 1.82) is 0 Å². The minimum atomic E-state index is 0.734. The summed E-state index contributed by atoms with van der Waals surface area (Å²) in [6.07, 6.45) is 8.04. The predicted octanol–water partition coefficient (Wildman–Crippen LogP) is 4.25. The van der Waals surface area contributed by atoms with Gasteiger partial charge in [-0.25, -0.2) is 9.97 Å². The van der Waals surface area contributed by atoms with Crippen LogP contribution in [-0.2, 0) is 0 Å². The van der Waals surface area contributed by atoms with Gasteiger partial charge >= 0.3 is 0 Å². The zero-order valence-corrected chi connectivity index (χ0v) is 14.0. The molecule has 0 unspecified atom stereocenters. The lowest BCUT2D eigenvalue weighted by Gasteiger charge is -2.11. The third kappa shape index (κ3) is 3.99. The van der Waals surface area contributed by atoms with Gasteiger partial charge in [0.1, 0.15) is 5.82 Å². The van der Waals surface area contributed by atoms with Crippen LogP contribution < -0.4 is 5.32 Å². The maximum Gasteiger partial charge on any atom is 0.162 e. The molecular weight excluding hydrogens is 304 g/mol. The molecule has 0 spiro atoms. The largest absolute Gasteiger partial charge is 0.369 e. The van der Waals surface area contributed by atoms with Crippen molar-refractivity contribution < 1.29 is 0 Å². The second-order valence-electron chi connectivity index (χ2n) is 5.28. The monoisotopic (exact) mass is 324 g/mol. The molecular formula is C18H20N4S. The van der Waals surface area contributed by atoms with Crippen molar-refractivity contribution in [2.75, 3.05) is 23.9 Å². The number of pyridine rings is 1. The van der Waals surface area contributed by atoms with Crippen molar-refractivity contribution in [1.82, 2.24) is 15.0 Å². The SMILES string of the molecule is CSCCCCNc1nc(-c2ccncc2)nc2ccccc12. The molecule has 3 aromatic rings. The highest BCUT2D eigenvalue weighted by Crippen LogP contribution is 2.24. The topological polar surface area (TPSA) is 50.7 Å². The van der Waals surface area contributed by atoms with Crippen molar-refractivity contribution in [2.24, 2.45) is 0 Å². The smallest absolute Gasteiger partial charge is 0.162 e. The second kappa shape index (κ2) is 7.92. The number of rotatable bonds is 7. The first-order valence-corrected chi connectivity index (χ1v) is 9.18. The number of thioether (sulfide) groups is 1. The lowest BCUT2D eigenvalue weighted by Crippen LogP contribution is -2.06. The van der Waals surface area contributed by atoms with Gasteiger partial charge < -0.3 is 5.32 Å². The number of hydrogen-bond donors (Lipinski definition) is 1. The van der Waals surface area contributed by atoms with Gasteiger partial charge in [-0.3, -0.25) is 4.98 Å². The van der Waals surface area contributed by atoms with Crippen LogP contribution >= 0.6 is 11.8 Å². The van der Waals surface area contributed by atoms with Crippen LogP contribution in [-0.4, -0.2) is 33.5 Å². The Morgan fingerprint density at radius 2 is 1.83 bits per heavy atom. The van der Waals surface area contributed by atoms with Gasteiger partial charge in [0.2, 0.25) is 0 Å². The molecule has 0 aliphatic rings. The maximum absolute atomic E-state index is 4.73. The van der Waals surface area contributed by atoms with E-state index in [4.69, 9.17) is 4.98 Å². The molecule has 0 amide bonds. The van der Waals surface area contributed by atoms with Crippen LogP contribution in [0, 0.1) is 0 Å². The molecule has 2 aromatic heterocycles. The fourth-order valence-electron chi connectivity index (χ4n) is 2.42. The number of hydrogen-bond acceptors (Lipinski definition) is 5. The zero-order chi connectivity index (χ0) is 15.9. The van der Waals surface area contributed by atoms with Crippen molar-refractivity contribution >= 4 is 28.5 Å². The summed E-state index contributed by atoms with van der Waals surface area (Å²) in [4.78, 5) is 13.5. The molecule has 0 aliphatic carbocycles. The van der Waals surface area contributed by atoms with Crippen LogP contribution in [0.2, 0.25) is 0 Å². The number of para-hydroxylation sites is 1. The molecule has 3 rings (SSSR count). The van der Waals surface area contributed by atoms with Crippen LogP contribution in [0.25, 0.3) is 22.3 Å². The number of aromatic nitrogens is 3. The molecule has 0 aliphatic heterocycles. The molecule has 4 nitrogen and oxygen atoms in total. The molecule has 118 valence electrons. The van der Waals surface area contributed by atoms with Gasteiger partial charge in [-0.05, 0) is 49.1 Å². The molecule has 0 saturated carbocycles. The van der Waals surface area contributed by atoms with E-state index >= 15 is 0 Å². The number of nitrogens with one attached hydrogen (secondary N) is 1. The molecule has 0 bridgehead atoms. The summed E-state index contributed by atoms with van der Waals surface area (Å²) in [5.74, 6) is 2.85. The molecule has 0 radical (unpaired) electrons. The fourth-order valence-corrected chi connectivity index (χ4v) is 2.91.